The smallest absolute Gasteiger partial charge is 0.339 e. The number of fused-ring (bicyclic) bond motifs is 1. The zero-order valence-corrected chi connectivity index (χ0v) is 16.5. The van der Waals surface area contributed by atoms with E-state index in [9.17, 15) is 13.2 Å². The molecule has 0 spiro atoms. The Hall–Kier alpha value is -3.38. The Morgan fingerprint density at radius 2 is 1.69 bits per heavy atom. The summed E-state index contributed by atoms with van der Waals surface area (Å²) in [5.41, 5.74) is 2.42. The van der Waals surface area contributed by atoms with E-state index in [1.807, 2.05) is 24.3 Å². The fraction of sp³-hybridized carbons (Fsp3) is 0.0870. The topological polar surface area (TPSA) is 69.7 Å². The van der Waals surface area contributed by atoms with E-state index in [-0.39, 0.29) is 27.9 Å². The predicted octanol–water partition coefficient (Wildman–Crippen LogP) is 4.63. The third kappa shape index (κ3) is 3.93. The SMILES string of the molecule is CCc1ccc(/C=C2\Oc3cc(OS(=O)(=O)c4ccccc4)ccc3C2=O)cc1. The first-order valence-corrected chi connectivity index (χ1v) is 10.5. The highest BCUT2D eigenvalue weighted by atomic mass is 32.2. The van der Waals surface area contributed by atoms with Gasteiger partial charge in [0.05, 0.1) is 5.56 Å². The molecular formula is C23H18O5S. The van der Waals surface area contributed by atoms with Gasteiger partial charge in [-0.3, -0.25) is 4.79 Å². The second-order valence-corrected chi connectivity index (χ2v) is 8.09. The minimum absolute atomic E-state index is 0.0496. The van der Waals surface area contributed by atoms with Crippen LogP contribution in [0.3, 0.4) is 0 Å². The molecule has 0 aliphatic carbocycles. The summed E-state index contributed by atoms with van der Waals surface area (Å²) in [6, 6.07) is 20.1. The molecule has 0 N–H and O–H groups in total. The Kier molecular flexibility index (Phi) is 4.94. The van der Waals surface area contributed by atoms with Crippen LogP contribution >= 0.6 is 0 Å². The molecule has 4 rings (SSSR count). The summed E-state index contributed by atoms with van der Waals surface area (Å²) >= 11 is 0. The number of ketones is 1. The summed E-state index contributed by atoms with van der Waals surface area (Å²) in [6.45, 7) is 2.07. The zero-order valence-electron chi connectivity index (χ0n) is 15.7. The summed E-state index contributed by atoms with van der Waals surface area (Å²) in [7, 11) is -3.97. The number of rotatable bonds is 5. The number of aryl methyl sites for hydroxylation is 1. The largest absolute Gasteiger partial charge is 0.452 e. The maximum atomic E-state index is 12.6. The first-order chi connectivity index (χ1) is 14.0. The molecule has 0 atom stereocenters. The van der Waals surface area contributed by atoms with Gasteiger partial charge in [0.2, 0.25) is 5.78 Å². The molecular weight excluding hydrogens is 388 g/mol. The molecule has 1 aliphatic heterocycles. The second-order valence-electron chi connectivity index (χ2n) is 6.54. The average Bonchev–Trinajstić information content (AvgIpc) is 3.03. The third-order valence-corrected chi connectivity index (χ3v) is 5.83. The molecule has 0 aromatic heterocycles. The molecule has 0 unspecified atom stereocenters. The van der Waals surface area contributed by atoms with Crippen molar-refractivity contribution in [2.24, 2.45) is 0 Å². The van der Waals surface area contributed by atoms with E-state index >= 15 is 0 Å². The van der Waals surface area contributed by atoms with Gasteiger partial charge in [0.1, 0.15) is 16.4 Å². The quantitative estimate of drug-likeness (QED) is 0.456. The molecule has 0 amide bonds. The molecule has 146 valence electrons. The molecule has 1 aliphatic rings. The van der Waals surface area contributed by atoms with Gasteiger partial charge in [0.15, 0.2) is 5.76 Å². The van der Waals surface area contributed by atoms with E-state index < -0.39 is 10.1 Å². The molecule has 6 heteroatoms. The lowest BCUT2D eigenvalue weighted by Crippen LogP contribution is -2.09. The molecule has 3 aromatic rings. The minimum Gasteiger partial charge on any atom is -0.452 e. The molecule has 0 saturated carbocycles. The van der Waals surface area contributed by atoms with E-state index in [1.54, 1.807) is 24.3 Å². The molecule has 3 aromatic carbocycles. The Morgan fingerprint density at radius 1 is 0.966 bits per heavy atom. The average molecular weight is 406 g/mol. The lowest BCUT2D eigenvalue weighted by atomic mass is 10.1. The second kappa shape index (κ2) is 7.56. The lowest BCUT2D eigenvalue weighted by Gasteiger charge is -2.07. The number of benzene rings is 3. The summed E-state index contributed by atoms with van der Waals surface area (Å²) in [6.07, 6.45) is 2.61. The highest BCUT2D eigenvalue weighted by molar-refractivity contribution is 7.87. The first kappa shape index (κ1) is 19.0. The number of carbonyl (C=O) groups is 1. The van der Waals surface area contributed by atoms with E-state index in [1.165, 1.54) is 35.9 Å². The fourth-order valence-corrected chi connectivity index (χ4v) is 3.93. The maximum absolute atomic E-state index is 12.6. The summed E-state index contributed by atoms with van der Waals surface area (Å²) in [4.78, 5) is 12.6. The van der Waals surface area contributed by atoms with E-state index in [0.717, 1.165) is 12.0 Å². The Bertz CT molecular complexity index is 1190. The van der Waals surface area contributed by atoms with Gasteiger partial charge in [-0.05, 0) is 47.9 Å². The fourth-order valence-electron chi connectivity index (χ4n) is 2.98. The van der Waals surface area contributed by atoms with Crippen LogP contribution in [0.4, 0.5) is 0 Å². The number of allylic oxidation sites excluding steroid dienone is 1. The van der Waals surface area contributed by atoms with Gasteiger partial charge >= 0.3 is 10.1 Å². The van der Waals surface area contributed by atoms with Gasteiger partial charge in [-0.1, -0.05) is 49.4 Å². The van der Waals surface area contributed by atoms with Gasteiger partial charge in [-0.2, -0.15) is 8.42 Å². The summed E-state index contributed by atoms with van der Waals surface area (Å²) < 4.78 is 35.6. The first-order valence-electron chi connectivity index (χ1n) is 9.13. The van der Waals surface area contributed by atoms with Crippen LogP contribution in [0.5, 0.6) is 11.5 Å². The van der Waals surface area contributed by atoms with Crippen molar-refractivity contribution in [3.63, 3.8) is 0 Å². The standard InChI is InChI=1S/C23H18O5S/c1-2-16-8-10-17(11-9-16)14-22-23(24)20-13-12-18(15-21(20)27-22)28-29(25,26)19-6-4-3-5-7-19/h3-15H,2H2,1H3/b22-14-. The van der Waals surface area contributed by atoms with E-state index in [2.05, 4.69) is 6.92 Å². The maximum Gasteiger partial charge on any atom is 0.339 e. The van der Waals surface area contributed by atoms with Crippen molar-refractivity contribution in [2.45, 2.75) is 18.2 Å². The monoisotopic (exact) mass is 406 g/mol. The van der Waals surface area contributed by atoms with Crippen LogP contribution in [-0.2, 0) is 16.5 Å². The highest BCUT2D eigenvalue weighted by Gasteiger charge is 2.28. The van der Waals surface area contributed by atoms with E-state index in [0.29, 0.717) is 5.56 Å². The van der Waals surface area contributed by atoms with Crippen molar-refractivity contribution in [2.75, 3.05) is 0 Å². The number of carbonyl (C=O) groups excluding carboxylic acids is 1. The lowest BCUT2D eigenvalue weighted by molar-refractivity contribution is 0.101. The molecule has 0 saturated heterocycles. The third-order valence-electron chi connectivity index (χ3n) is 4.56. The van der Waals surface area contributed by atoms with Crippen LogP contribution < -0.4 is 8.92 Å². The Morgan fingerprint density at radius 3 is 2.38 bits per heavy atom. The van der Waals surface area contributed by atoms with Crippen molar-refractivity contribution in [1.29, 1.82) is 0 Å². The molecule has 1 heterocycles. The molecule has 0 bridgehead atoms. The van der Waals surface area contributed by atoms with Crippen molar-refractivity contribution < 1.29 is 22.1 Å². The van der Waals surface area contributed by atoms with Crippen molar-refractivity contribution in [3.8, 4) is 11.5 Å². The Balaban J connectivity index is 1.58. The highest BCUT2D eigenvalue weighted by Crippen LogP contribution is 2.35. The number of ether oxygens (including phenoxy) is 1. The van der Waals surface area contributed by atoms with Crippen molar-refractivity contribution in [1.82, 2.24) is 0 Å². The van der Waals surface area contributed by atoms with Gasteiger partial charge in [-0.25, -0.2) is 0 Å². The normalized spacial score (nSPS) is 14.5. The summed E-state index contributed by atoms with van der Waals surface area (Å²) in [5.74, 6) is 0.283. The molecule has 0 radical (unpaired) electrons. The van der Waals surface area contributed by atoms with Crippen LogP contribution in [0.25, 0.3) is 6.08 Å². The summed E-state index contributed by atoms with van der Waals surface area (Å²) in [5, 5.41) is 0. The minimum atomic E-state index is -3.97. The van der Waals surface area contributed by atoms with Gasteiger partial charge < -0.3 is 8.92 Å². The number of hydrogen-bond donors (Lipinski definition) is 0. The molecule has 0 fully saturated rings. The van der Waals surface area contributed by atoms with Crippen LogP contribution in [0.2, 0.25) is 0 Å². The zero-order chi connectivity index (χ0) is 20.4. The van der Waals surface area contributed by atoms with Crippen LogP contribution in [0, 0.1) is 0 Å². The van der Waals surface area contributed by atoms with E-state index in [4.69, 9.17) is 8.92 Å². The van der Waals surface area contributed by atoms with Crippen LogP contribution in [0.15, 0.2) is 83.5 Å². The van der Waals surface area contributed by atoms with Gasteiger partial charge in [0.25, 0.3) is 0 Å². The van der Waals surface area contributed by atoms with Crippen LogP contribution in [0.1, 0.15) is 28.4 Å². The number of Topliss-reactive ketones (excluding diaryl/α,β-unsaturated/α-hetero) is 1. The van der Waals surface area contributed by atoms with Gasteiger partial charge in [-0.15, -0.1) is 0 Å². The van der Waals surface area contributed by atoms with Crippen molar-refractivity contribution in [3.05, 3.63) is 95.2 Å². The predicted molar refractivity (Wildman–Crippen MR) is 109 cm³/mol. The van der Waals surface area contributed by atoms with Crippen LogP contribution in [-0.4, -0.2) is 14.2 Å². The van der Waals surface area contributed by atoms with Crippen molar-refractivity contribution >= 4 is 22.0 Å². The number of hydrogen-bond acceptors (Lipinski definition) is 5. The van der Waals surface area contributed by atoms with Gasteiger partial charge in [0, 0.05) is 6.07 Å². The molecule has 5 nitrogen and oxygen atoms in total. The molecule has 29 heavy (non-hydrogen) atoms. The Labute approximate surface area is 169 Å².